The number of likely N-dealkylation sites (tertiary alicyclic amines) is 3. The second kappa shape index (κ2) is 82.0. The quantitative estimate of drug-likeness (QED) is 0.119. The maximum atomic E-state index is 12.3. The maximum absolute atomic E-state index is 12.3. The van der Waals surface area contributed by atoms with Crippen LogP contribution in [0, 0.1) is 82.7 Å². The largest absolute Gasteiger partial charge is 0.396 e. The smallest absolute Gasteiger partial charge is 0.125 e. The first-order valence-electron chi connectivity index (χ1n) is 43.7. The van der Waals surface area contributed by atoms with Gasteiger partial charge in [0.25, 0.3) is 0 Å². The van der Waals surface area contributed by atoms with E-state index in [9.17, 15) is 4.39 Å². The Kier molecular flexibility index (Phi) is 115. The normalized spacial score (nSPS) is 14.7. The van der Waals surface area contributed by atoms with E-state index in [1.807, 2.05) is 34.6 Å². The minimum Gasteiger partial charge on any atom is -0.396 e. The van der Waals surface area contributed by atoms with Crippen molar-refractivity contribution in [3.63, 3.8) is 0 Å². The number of aliphatic hydroxyl groups is 2. The molecule has 2 N–H and O–H groups in total. The Bertz CT molecular complexity index is 1750. The molecular weight excluding hydrogens is 1400 g/mol. The van der Waals surface area contributed by atoms with Crippen LogP contribution in [0.2, 0.25) is 0 Å². The minimum atomic E-state index is -0.553. The van der Waals surface area contributed by atoms with Crippen LogP contribution in [0.4, 0.5) is 4.39 Å². The van der Waals surface area contributed by atoms with Crippen LogP contribution in [-0.4, -0.2) is 129 Å². The molecule has 3 aliphatic heterocycles. The van der Waals surface area contributed by atoms with Gasteiger partial charge in [-0.15, -0.1) is 0 Å². The molecule has 7 heteroatoms. The molecular formula is C108H257FN4O2. The van der Waals surface area contributed by atoms with E-state index in [0.29, 0.717) is 79.3 Å². The van der Waals surface area contributed by atoms with Gasteiger partial charge in [-0.3, -0.25) is 4.90 Å². The van der Waals surface area contributed by atoms with E-state index < -0.39 is 6.17 Å². The van der Waals surface area contributed by atoms with Gasteiger partial charge in [0.1, 0.15) is 6.17 Å². The van der Waals surface area contributed by atoms with Gasteiger partial charge in [-0.2, -0.15) is 0 Å². The third-order valence-electron chi connectivity index (χ3n) is 17.1. The zero-order chi connectivity index (χ0) is 82.8. The van der Waals surface area contributed by atoms with Crippen molar-refractivity contribution in [3.05, 3.63) is 0 Å². The summed E-state index contributed by atoms with van der Waals surface area (Å²) in [6.07, 6.45) is 34.0. The number of hydrogen-bond donors (Lipinski definition) is 2. The highest BCUT2D eigenvalue weighted by Gasteiger charge is 2.29. The van der Waals surface area contributed by atoms with Crippen molar-refractivity contribution in [2.24, 2.45) is 82.7 Å². The van der Waals surface area contributed by atoms with E-state index in [1.54, 1.807) is 0 Å². The van der Waals surface area contributed by atoms with Gasteiger partial charge >= 0.3 is 0 Å². The number of hydrogen-bond acceptors (Lipinski definition) is 6. The number of unbranched alkanes of at least 4 members (excludes halogenated alkanes) is 4. The van der Waals surface area contributed by atoms with E-state index in [4.69, 9.17) is 10.2 Å². The fourth-order valence-corrected chi connectivity index (χ4v) is 11.1. The lowest BCUT2D eigenvalue weighted by molar-refractivity contribution is 0.0386. The van der Waals surface area contributed by atoms with Crippen molar-refractivity contribution in [3.8, 4) is 0 Å². The van der Waals surface area contributed by atoms with Crippen molar-refractivity contribution < 1.29 is 14.6 Å². The first-order valence-corrected chi connectivity index (χ1v) is 43.7. The summed E-state index contributed by atoms with van der Waals surface area (Å²) in [6.45, 7) is 104. The highest BCUT2D eigenvalue weighted by atomic mass is 19.1. The Hall–Kier alpha value is -0.310. The van der Waals surface area contributed by atoms with Crippen LogP contribution >= 0.6 is 0 Å². The average molecular weight is 1660 g/mol. The van der Waals surface area contributed by atoms with E-state index in [2.05, 4.69) is 283 Å². The molecule has 2 saturated carbocycles. The molecule has 728 valence electrons. The first kappa shape index (κ1) is 162. The fraction of sp³-hybridized carbons (Fsp3) is 1.00. The Morgan fingerprint density at radius 3 is 0.800 bits per heavy atom. The predicted molar refractivity (Wildman–Crippen MR) is 555 cm³/mol. The maximum Gasteiger partial charge on any atom is 0.125 e. The molecule has 6 nitrogen and oxygen atoms in total. The van der Waals surface area contributed by atoms with E-state index in [0.717, 1.165) is 37.3 Å². The Morgan fingerprint density at radius 2 is 0.591 bits per heavy atom. The van der Waals surface area contributed by atoms with Gasteiger partial charge in [-0.1, -0.05) is 456 Å². The predicted octanol–water partition coefficient (Wildman–Crippen LogP) is 37.6. The monoisotopic (exact) mass is 1660 g/mol. The highest BCUT2D eigenvalue weighted by Crippen LogP contribution is 2.38. The van der Waals surface area contributed by atoms with Crippen molar-refractivity contribution in [2.75, 3.05) is 92.8 Å². The van der Waals surface area contributed by atoms with Crippen molar-refractivity contribution in [1.82, 2.24) is 19.6 Å². The lowest BCUT2D eigenvalue weighted by Crippen LogP contribution is -2.51. The molecule has 5 rings (SSSR count). The molecule has 5 fully saturated rings. The van der Waals surface area contributed by atoms with Gasteiger partial charge < -0.3 is 24.9 Å². The SMILES string of the molecule is C.C.C.C.C.C.C.C.C.C.C.C.CC.CC(C)(C)CCC(C)(C)C.CC(C)(C)CCC1CC1.CC(C)(C)CCCC1CC1.CC(C)(C)CCCCCO.CC(C)(C)CN1CC(F)C1.CC(C)(C)CN1CCC1.CC(C)(C)CN1CCCC1.CC(C)(C)CO.CC(C)CCCC(C)(C)C.CCCCCC(C)(C)C.CN(C)CC(C)(C)C. The van der Waals surface area contributed by atoms with Gasteiger partial charge in [0.05, 0.1) is 0 Å². The third-order valence-corrected chi connectivity index (χ3v) is 17.1. The second-order valence-corrected chi connectivity index (χ2v) is 47.6. The Morgan fingerprint density at radius 1 is 0.322 bits per heavy atom. The summed E-state index contributed by atoms with van der Waals surface area (Å²) in [5.74, 6) is 3.12. The molecule has 0 amide bonds. The summed E-state index contributed by atoms with van der Waals surface area (Å²) in [4.78, 5) is 9.45. The summed E-state index contributed by atoms with van der Waals surface area (Å²) in [7, 11) is 4.20. The van der Waals surface area contributed by atoms with E-state index in [1.165, 1.54) is 193 Å². The molecule has 0 spiro atoms. The molecule has 2 aliphatic carbocycles. The Balaban J connectivity index is -0.0000000513. The number of aliphatic hydroxyl groups excluding tert-OH is 2. The zero-order valence-electron chi connectivity index (χ0n) is 80.5. The molecule has 0 bridgehead atoms. The van der Waals surface area contributed by atoms with Crippen molar-refractivity contribution in [1.29, 1.82) is 0 Å². The fourth-order valence-electron chi connectivity index (χ4n) is 11.1. The topological polar surface area (TPSA) is 53.4 Å². The third kappa shape index (κ3) is 176. The molecule has 0 aromatic heterocycles. The summed E-state index contributed by atoms with van der Waals surface area (Å²) in [5.41, 5.74) is 5.56. The van der Waals surface area contributed by atoms with Crippen LogP contribution in [0.15, 0.2) is 0 Å². The van der Waals surface area contributed by atoms with Crippen LogP contribution in [0.1, 0.15) is 534 Å². The zero-order valence-corrected chi connectivity index (χ0v) is 80.5. The molecule has 0 unspecified atom stereocenters. The molecule has 0 radical (unpaired) electrons. The van der Waals surface area contributed by atoms with Gasteiger partial charge in [-0.05, 0) is 200 Å². The number of nitrogens with zero attached hydrogens (tertiary/aromatic N) is 4. The van der Waals surface area contributed by atoms with Gasteiger partial charge in [0, 0.05) is 52.5 Å². The molecule has 3 heterocycles. The lowest BCUT2D eigenvalue weighted by atomic mass is 9.81. The van der Waals surface area contributed by atoms with Crippen molar-refractivity contribution in [2.45, 2.75) is 540 Å². The summed E-state index contributed by atoms with van der Waals surface area (Å²) >= 11 is 0. The second-order valence-electron chi connectivity index (χ2n) is 47.6. The van der Waals surface area contributed by atoms with Crippen LogP contribution in [-0.2, 0) is 0 Å². The molecule has 5 aliphatic rings. The number of rotatable bonds is 20. The van der Waals surface area contributed by atoms with Gasteiger partial charge in [0.2, 0.25) is 0 Å². The van der Waals surface area contributed by atoms with Gasteiger partial charge in [0.15, 0.2) is 0 Å². The van der Waals surface area contributed by atoms with Crippen LogP contribution in [0.5, 0.6) is 0 Å². The first-order chi connectivity index (χ1) is 46.0. The van der Waals surface area contributed by atoms with Crippen LogP contribution in [0.3, 0.4) is 0 Å². The summed E-state index contributed by atoms with van der Waals surface area (Å²) in [5, 5.41) is 16.9. The van der Waals surface area contributed by atoms with Crippen molar-refractivity contribution >= 4 is 0 Å². The molecule has 0 aromatic rings. The van der Waals surface area contributed by atoms with E-state index in [-0.39, 0.29) is 101 Å². The number of alkyl halides is 1. The number of halogens is 1. The molecule has 3 saturated heterocycles. The standard InChI is InChI=1S/C10H20.2C10H22.C9H19N.C9H20O.C9H18.C9H20.C8H16FN.C8H17N.C7H17N.C5H12O.C2H6.12CH4/c1-10(2,3)8-4-5-9-6-7-9;1-9(2,3)7-8-10(4,5)6;1-9(2)7-6-8-10(3,4)5;1-9(2,3)8-10-6-4-5-7-10;1-9(2,3)7-5-4-6-8-10;1-9(2,3)7-6-8-4-5-8;1-5-6-7-8-9(2,3)4;1-8(2,3)6-10-4-7(9)5-10;1-8(2,3)7-9-5-4-6-9;1-7(2,3)6-8(4)5;1-5(2,3)4-6;1-2;;;;;;;;;;;;/h9H,4-8H2,1-3H3;7-8H2,1-6H3;9H,6-8H2,1-5H3;4-8H2,1-3H3;10H,4-8H2,1-3H3;8H,4-7H2,1-3H3;5-8H2,1-4H3;7H,4-6H2,1-3H3;4-7H2,1-3H3;6H2,1-5H3;6H,4H2,1-3H3;1-2H3;12*1H4. The molecule has 0 aromatic carbocycles. The minimum absolute atomic E-state index is 0. The van der Waals surface area contributed by atoms with Gasteiger partial charge in [-0.25, -0.2) is 4.39 Å². The molecule has 0 atom stereocenters. The van der Waals surface area contributed by atoms with E-state index >= 15 is 0 Å². The molecule has 115 heavy (non-hydrogen) atoms. The van der Waals surface area contributed by atoms with Crippen LogP contribution in [0.25, 0.3) is 0 Å². The summed E-state index contributed by atoms with van der Waals surface area (Å²) < 4.78 is 12.3. The lowest BCUT2D eigenvalue weighted by Gasteiger charge is -2.38. The summed E-state index contributed by atoms with van der Waals surface area (Å²) in [6, 6.07) is 0. The highest BCUT2D eigenvalue weighted by molar-refractivity contribution is 4.83. The van der Waals surface area contributed by atoms with Crippen LogP contribution < -0.4 is 0 Å². The average Bonchev–Trinajstić information content (AvgIpc) is 1.82. The Labute approximate surface area is 745 Å².